The molecule has 0 radical (unpaired) electrons. The van der Waals surface area contributed by atoms with Crippen LogP contribution in [0.3, 0.4) is 0 Å². The Labute approximate surface area is 184 Å². The number of hydrogen-bond acceptors (Lipinski definition) is 6. The molecular formula is C24H24N2O6. The average molecular weight is 436 g/mol. The predicted molar refractivity (Wildman–Crippen MR) is 119 cm³/mol. The first kappa shape index (κ1) is 22.9. The number of carbonyl (C=O) groups excluding carboxylic acids is 3. The summed E-state index contributed by atoms with van der Waals surface area (Å²) in [6.45, 7) is 0. The van der Waals surface area contributed by atoms with Crippen molar-refractivity contribution in [1.29, 1.82) is 0 Å². The second-order valence-electron chi connectivity index (χ2n) is 7.21. The summed E-state index contributed by atoms with van der Waals surface area (Å²) in [6, 6.07) is 20.5. The summed E-state index contributed by atoms with van der Waals surface area (Å²) < 4.78 is 4.71. The quantitative estimate of drug-likeness (QED) is 0.396. The Morgan fingerprint density at radius 1 is 0.844 bits per heavy atom. The number of carbonyl (C=O) groups is 3. The van der Waals surface area contributed by atoms with Crippen molar-refractivity contribution in [3.05, 3.63) is 78.4 Å². The van der Waals surface area contributed by atoms with Gasteiger partial charge in [0, 0.05) is 12.1 Å². The lowest BCUT2D eigenvalue weighted by atomic mass is 10.0. The molecule has 0 aliphatic carbocycles. The Balaban J connectivity index is 1.64. The van der Waals surface area contributed by atoms with Crippen LogP contribution in [0, 0.1) is 0 Å². The number of aliphatic hydroxyl groups is 2. The number of hydrogen-bond donors (Lipinski definition) is 4. The van der Waals surface area contributed by atoms with Crippen LogP contribution < -0.4 is 10.6 Å². The van der Waals surface area contributed by atoms with Gasteiger partial charge in [0.05, 0.1) is 7.11 Å². The Morgan fingerprint density at radius 2 is 1.47 bits per heavy atom. The maximum atomic E-state index is 12.4. The zero-order valence-corrected chi connectivity index (χ0v) is 17.4. The minimum Gasteiger partial charge on any atom is -0.467 e. The molecule has 32 heavy (non-hydrogen) atoms. The van der Waals surface area contributed by atoms with Gasteiger partial charge in [-0.25, -0.2) is 4.79 Å². The number of benzene rings is 3. The van der Waals surface area contributed by atoms with Gasteiger partial charge in [0.25, 0.3) is 11.8 Å². The summed E-state index contributed by atoms with van der Waals surface area (Å²) in [7, 11) is 1.18. The molecular weight excluding hydrogens is 412 g/mol. The Kier molecular flexibility index (Phi) is 7.54. The smallest absolute Gasteiger partial charge is 0.328 e. The number of fused-ring (bicyclic) bond motifs is 1. The van der Waals surface area contributed by atoms with Crippen molar-refractivity contribution in [1.82, 2.24) is 5.32 Å². The van der Waals surface area contributed by atoms with E-state index >= 15 is 0 Å². The van der Waals surface area contributed by atoms with E-state index in [0.717, 1.165) is 16.3 Å². The first-order valence-corrected chi connectivity index (χ1v) is 9.97. The summed E-state index contributed by atoms with van der Waals surface area (Å²) in [4.78, 5) is 36.9. The number of methoxy groups -OCH3 is 1. The van der Waals surface area contributed by atoms with Gasteiger partial charge in [-0.05, 0) is 28.5 Å². The summed E-state index contributed by atoms with van der Waals surface area (Å²) in [6.07, 6.45) is -4.01. The van der Waals surface area contributed by atoms with Crippen LogP contribution in [-0.4, -0.2) is 53.4 Å². The van der Waals surface area contributed by atoms with E-state index in [0.29, 0.717) is 5.69 Å². The number of amides is 2. The molecule has 2 unspecified atom stereocenters. The molecule has 0 aliphatic rings. The van der Waals surface area contributed by atoms with Crippen LogP contribution in [0.25, 0.3) is 10.8 Å². The number of anilines is 1. The number of nitrogens with one attached hydrogen (secondary N) is 2. The Hall–Kier alpha value is -3.75. The van der Waals surface area contributed by atoms with E-state index in [2.05, 4.69) is 10.6 Å². The van der Waals surface area contributed by atoms with E-state index in [1.54, 1.807) is 42.5 Å². The van der Waals surface area contributed by atoms with Crippen LogP contribution in [0.4, 0.5) is 5.69 Å². The zero-order valence-electron chi connectivity index (χ0n) is 17.4. The lowest BCUT2D eigenvalue weighted by Crippen LogP contribution is -2.52. The normalized spacial score (nSPS) is 13.6. The standard InChI is InChI=1S/C24H24N2O6/c1-32-24(31)19(13-15-7-3-2-4-8-15)26-23(30)21(28)20(27)22(29)25-18-12-11-16-9-5-6-10-17(16)14-18/h2-12,14,19-21,27-28H,13H2,1H3,(H,25,29)(H,26,30)/t19-,20?,21?/m0/s1. The molecule has 0 spiro atoms. The molecule has 0 saturated heterocycles. The summed E-state index contributed by atoms with van der Waals surface area (Å²) >= 11 is 0. The largest absolute Gasteiger partial charge is 0.467 e. The Bertz CT molecular complexity index is 1100. The lowest BCUT2D eigenvalue weighted by Gasteiger charge is -2.21. The maximum absolute atomic E-state index is 12.4. The fourth-order valence-corrected chi connectivity index (χ4v) is 3.21. The molecule has 0 bridgehead atoms. The molecule has 166 valence electrons. The van der Waals surface area contributed by atoms with Gasteiger partial charge < -0.3 is 25.6 Å². The van der Waals surface area contributed by atoms with Gasteiger partial charge in [0.15, 0.2) is 12.2 Å². The number of rotatable bonds is 8. The van der Waals surface area contributed by atoms with E-state index < -0.39 is 36.0 Å². The van der Waals surface area contributed by atoms with Crippen LogP contribution in [0.2, 0.25) is 0 Å². The van der Waals surface area contributed by atoms with Crippen LogP contribution in [0.1, 0.15) is 5.56 Å². The SMILES string of the molecule is COC(=O)[C@H](Cc1ccccc1)NC(=O)C(O)C(O)C(=O)Nc1ccc2ccccc2c1. The van der Waals surface area contributed by atoms with Crippen LogP contribution in [0.15, 0.2) is 72.8 Å². The Morgan fingerprint density at radius 3 is 2.16 bits per heavy atom. The molecule has 0 heterocycles. The molecule has 0 aromatic heterocycles. The minimum absolute atomic E-state index is 0.116. The van der Waals surface area contributed by atoms with E-state index in [4.69, 9.17) is 4.74 Å². The average Bonchev–Trinajstić information content (AvgIpc) is 2.82. The van der Waals surface area contributed by atoms with Gasteiger partial charge >= 0.3 is 5.97 Å². The fourth-order valence-electron chi connectivity index (χ4n) is 3.21. The summed E-state index contributed by atoms with van der Waals surface area (Å²) in [5, 5.41) is 27.0. The monoisotopic (exact) mass is 436 g/mol. The van der Waals surface area contributed by atoms with Crippen molar-refractivity contribution in [2.45, 2.75) is 24.7 Å². The molecule has 3 aromatic rings. The molecule has 8 nitrogen and oxygen atoms in total. The molecule has 3 rings (SSSR count). The number of esters is 1. The number of aliphatic hydroxyl groups excluding tert-OH is 2. The molecule has 0 aliphatic heterocycles. The van der Waals surface area contributed by atoms with Crippen molar-refractivity contribution < 1.29 is 29.3 Å². The summed E-state index contributed by atoms with van der Waals surface area (Å²) in [5.74, 6) is -2.75. The molecule has 8 heteroatoms. The minimum atomic E-state index is -2.08. The van der Waals surface area contributed by atoms with Gasteiger partial charge in [-0.1, -0.05) is 60.7 Å². The first-order valence-electron chi connectivity index (χ1n) is 9.97. The van der Waals surface area contributed by atoms with Crippen molar-refractivity contribution >= 4 is 34.2 Å². The highest BCUT2D eigenvalue weighted by molar-refractivity contribution is 6.00. The van der Waals surface area contributed by atoms with Crippen molar-refractivity contribution in [3.8, 4) is 0 Å². The second kappa shape index (κ2) is 10.5. The van der Waals surface area contributed by atoms with Crippen molar-refractivity contribution in [2.75, 3.05) is 12.4 Å². The third kappa shape index (κ3) is 5.69. The highest BCUT2D eigenvalue weighted by atomic mass is 16.5. The second-order valence-corrected chi connectivity index (χ2v) is 7.21. The van der Waals surface area contributed by atoms with E-state index in [-0.39, 0.29) is 6.42 Å². The van der Waals surface area contributed by atoms with Crippen LogP contribution >= 0.6 is 0 Å². The molecule has 4 N–H and O–H groups in total. The van der Waals surface area contributed by atoms with E-state index in [1.807, 2.05) is 30.3 Å². The third-order valence-corrected chi connectivity index (χ3v) is 4.94. The zero-order chi connectivity index (χ0) is 23.1. The maximum Gasteiger partial charge on any atom is 0.328 e. The lowest BCUT2D eigenvalue weighted by molar-refractivity contribution is -0.149. The van der Waals surface area contributed by atoms with Gasteiger partial charge in [-0.15, -0.1) is 0 Å². The molecule has 3 atom stereocenters. The fraction of sp³-hybridized carbons (Fsp3) is 0.208. The molecule has 3 aromatic carbocycles. The molecule has 2 amide bonds. The highest BCUT2D eigenvalue weighted by Crippen LogP contribution is 2.19. The van der Waals surface area contributed by atoms with Gasteiger partial charge in [-0.2, -0.15) is 0 Å². The van der Waals surface area contributed by atoms with Gasteiger partial charge in [0.2, 0.25) is 0 Å². The van der Waals surface area contributed by atoms with Gasteiger partial charge in [-0.3, -0.25) is 9.59 Å². The highest BCUT2D eigenvalue weighted by Gasteiger charge is 2.33. The number of ether oxygens (including phenoxy) is 1. The first-order chi connectivity index (χ1) is 15.4. The predicted octanol–water partition coefficient (Wildman–Crippen LogP) is 1.40. The van der Waals surface area contributed by atoms with Gasteiger partial charge in [0.1, 0.15) is 6.04 Å². The third-order valence-electron chi connectivity index (χ3n) is 4.94. The molecule has 0 fully saturated rings. The molecule has 0 saturated carbocycles. The topological polar surface area (TPSA) is 125 Å². The summed E-state index contributed by atoms with van der Waals surface area (Å²) in [5.41, 5.74) is 1.16. The van der Waals surface area contributed by atoms with Crippen LogP contribution in [0.5, 0.6) is 0 Å². The van der Waals surface area contributed by atoms with Crippen LogP contribution in [-0.2, 0) is 25.5 Å². The van der Waals surface area contributed by atoms with E-state index in [9.17, 15) is 24.6 Å². The van der Waals surface area contributed by atoms with E-state index in [1.165, 1.54) is 7.11 Å². The van der Waals surface area contributed by atoms with Crippen molar-refractivity contribution in [3.63, 3.8) is 0 Å². The van der Waals surface area contributed by atoms with Crippen molar-refractivity contribution in [2.24, 2.45) is 0 Å².